The van der Waals surface area contributed by atoms with Gasteiger partial charge in [0.2, 0.25) is 11.8 Å². The van der Waals surface area contributed by atoms with Crippen molar-refractivity contribution in [2.75, 3.05) is 19.6 Å². The highest BCUT2D eigenvalue weighted by Gasteiger charge is 2.39. The number of piperidine rings is 1. The largest absolute Gasteiger partial charge is 0.433 e. The second-order valence-corrected chi connectivity index (χ2v) is 9.58. The second-order valence-electron chi connectivity index (χ2n) is 8.80. The number of nitrogens with two attached hydrogens (primary N) is 1. The van der Waals surface area contributed by atoms with Crippen LogP contribution in [0.4, 0.5) is 13.2 Å². The Bertz CT molecular complexity index is 1030. The minimum Gasteiger partial charge on any atom is -0.341 e. The molecule has 0 radical (unpaired) electrons. The van der Waals surface area contributed by atoms with Gasteiger partial charge >= 0.3 is 6.18 Å². The number of aromatic nitrogens is 2. The minimum absolute atomic E-state index is 0.00561. The van der Waals surface area contributed by atoms with E-state index in [4.69, 9.17) is 5.73 Å². The SMILES string of the molecule is C[C@@H]1CCC(=O)N(C[C@@H](N)CC(=O)N2CCc3c(nc(-c4ccsc4)nc3C(F)(F)F)C2)C1. The molecule has 7 nitrogen and oxygen atoms in total. The average Bonchev–Trinajstić information content (AvgIpc) is 3.29. The topological polar surface area (TPSA) is 92.4 Å². The van der Waals surface area contributed by atoms with E-state index in [0.717, 1.165) is 6.42 Å². The Morgan fingerprint density at radius 3 is 2.82 bits per heavy atom. The van der Waals surface area contributed by atoms with E-state index in [1.165, 1.54) is 16.2 Å². The summed E-state index contributed by atoms with van der Waals surface area (Å²) in [5, 5.41) is 3.44. The van der Waals surface area contributed by atoms with E-state index < -0.39 is 17.9 Å². The maximum atomic E-state index is 13.7. The molecule has 0 bridgehead atoms. The van der Waals surface area contributed by atoms with Gasteiger partial charge in [-0.2, -0.15) is 24.5 Å². The smallest absolute Gasteiger partial charge is 0.341 e. The molecule has 2 aliphatic rings. The van der Waals surface area contributed by atoms with Crippen molar-refractivity contribution in [1.29, 1.82) is 0 Å². The molecule has 33 heavy (non-hydrogen) atoms. The van der Waals surface area contributed by atoms with Crippen LogP contribution in [-0.4, -0.2) is 57.3 Å². The summed E-state index contributed by atoms with van der Waals surface area (Å²) in [6, 6.07) is 1.13. The number of likely N-dealkylation sites (tertiary alicyclic amines) is 1. The number of carbonyl (C=O) groups excluding carboxylic acids is 2. The number of carbonyl (C=O) groups is 2. The van der Waals surface area contributed by atoms with Gasteiger partial charge in [-0.15, -0.1) is 0 Å². The Kier molecular flexibility index (Phi) is 6.71. The van der Waals surface area contributed by atoms with Crippen LogP contribution < -0.4 is 5.73 Å². The van der Waals surface area contributed by atoms with E-state index in [-0.39, 0.29) is 54.8 Å². The first-order valence-corrected chi connectivity index (χ1v) is 11.9. The van der Waals surface area contributed by atoms with Crippen molar-refractivity contribution in [1.82, 2.24) is 19.8 Å². The second kappa shape index (κ2) is 9.38. The summed E-state index contributed by atoms with van der Waals surface area (Å²) in [4.78, 5) is 36.4. The molecule has 1 saturated heterocycles. The van der Waals surface area contributed by atoms with Gasteiger partial charge in [-0.1, -0.05) is 6.92 Å². The van der Waals surface area contributed by atoms with Gasteiger partial charge in [-0.25, -0.2) is 9.97 Å². The summed E-state index contributed by atoms with van der Waals surface area (Å²) < 4.78 is 41.1. The number of thiophene rings is 1. The molecule has 0 saturated carbocycles. The molecule has 2 atom stereocenters. The van der Waals surface area contributed by atoms with Gasteiger partial charge in [0.1, 0.15) is 0 Å². The molecule has 2 amide bonds. The van der Waals surface area contributed by atoms with Gasteiger partial charge in [-0.3, -0.25) is 9.59 Å². The van der Waals surface area contributed by atoms with Crippen LogP contribution in [0.15, 0.2) is 16.8 Å². The van der Waals surface area contributed by atoms with Crippen LogP contribution in [0.2, 0.25) is 0 Å². The molecule has 1 fully saturated rings. The summed E-state index contributed by atoms with van der Waals surface area (Å²) in [5.74, 6) is 0.185. The van der Waals surface area contributed by atoms with Crippen LogP contribution >= 0.6 is 11.3 Å². The zero-order valence-electron chi connectivity index (χ0n) is 18.3. The Balaban J connectivity index is 1.48. The molecule has 0 aliphatic carbocycles. The lowest BCUT2D eigenvalue weighted by molar-refractivity contribution is -0.142. The van der Waals surface area contributed by atoms with Crippen LogP contribution in [0.25, 0.3) is 11.4 Å². The minimum atomic E-state index is -4.61. The van der Waals surface area contributed by atoms with E-state index in [9.17, 15) is 22.8 Å². The quantitative estimate of drug-likeness (QED) is 0.709. The van der Waals surface area contributed by atoms with Crippen molar-refractivity contribution in [3.05, 3.63) is 33.8 Å². The van der Waals surface area contributed by atoms with Crippen LogP contribution in [0.1, 0.15) is 43.1 Å². The number of hydrogen-bond donors (Lipinski definition) is 1. The molecular weight excluding hydrogens is 455 g/mol. The van der Waals surface area contributed by atoms with E-state index in [1.807, 2.05) is 0 Å². The zero-order chi connectivity index (χ0) is 23.8. The van der Waals surface area contributed by atoms with Crippen LogP contribution in [0.3, 0.4) is 0 Å². The lowest BCUT2D eigenvalue weighted by Gasteiger charge is -2.34. The van der Waals surface area contributed by atoms with Gasteiger partial charge < -0.3 is 15.5 Å². The molecule has 4 heterocycles. The summed E-state index contributed by atoms with van der Waals surface area (Å²) in [6.45, 7) is 3.11. The van der Waals surface area contributed by atoms with Crippen molar-refractivity contribution in [2.24, 2.45) is 11.7 Å². The highest BCUT2D eigenvalue weighted by atomic mass is 32.1. The number of alkyl halides is 3. The van der Waals surface area contributed by atoms with Crippen molar-refractivity contribution in [3.8, 4) is 11.4 Å². The highest BCUT2D eigenvalue weighted by molar-refractivity contribution is 7.08. The van der Waals surface area contributed by atoms with Crippen LogP contribution in [0, 0.1) is 5.92 Å². The number of hydrogen-bond acceptors (Lipinski definition) is 6. The zero-order valence-corrected chi connectivity index (χ0v) is 19.1. The van der Waals surface area contributed by atoms with Crippen molar-refractivity contribution < 1.29 is 22.8 Å². The molecule has 2 N–H and O–H groups in total. The summed E-state index contributed by atoms with van der Waals surface area (Å²) >= 11 is 1.34. The van der Waals surface area contributed by atoms with E-state index in [2.05, 4.69) is 16.9 Å². The van der Waals surface area contributed by atoms with Crippen molar-refractivity contribution in [2.45, 2.75) is 51.4 Å². The van der Waals surface area contributed by atoms with Crippen LogP contribution in [-0.2, 0) is 28.7 Å². The maximum Gasteiger partial charge on any atom is 0.433 e. The van der Waals surface area contributed by atoms with E-state index >= 15 is 0 Å². The van der Waals surface area contributed by atoms with E-state index in [1.54, 1.807) is 21.7 Å². The monoisotopic (exact) mass is 481 g/mol. The summed E-state index contributed by atoms with van der Waals surface area (Å²) in [6.07, 6.45) is -3.23. The maximum absolute atomic E-state index is 13.7. The third-order valence-corrected chi connectivity index (χ3v) is 6.78. The molecule has 0 aromatic carbocycles. The molecular formula is C22H26F3N5O2S. The normalized spacial score (nSPS) is 20.0. The van der Waals surface area contributed by atoms with Crippen molar-refractivity contribution in [3.63, 3.8) is 0 Å². The third-order valence-electron chi connectivity index (χ3n) is 6.09. The standard InChI is InChI=1S/C22H26F3N5O2S/c1-13-2-3-18(31)30(9-13)10-15(26)8-19(32)29-6-4-16-17(11-29)27-21(14-5-7-33-12-14)28-20(16)22(23,24)25/h5,7,12-13,15H,2-4,6,8-11,26H2,1H3/t13-,15+/m1/s1. The first kappa shape index (κ1) is 23.6. The first-order chi connectivity index (χ1) is 15.6. The number of rotatable bonds is 5. The first-order valence-electron chi connectivity index (χ1n) is 10.9. The molecule has 4 rings (SSSR count). The van der Waals surface area contributed by atoms with Crippen molar-refractivity contribution >= 4 is 23.2 Å². The molecule has 2 aromatic rings. The molecule has 0 unspecified atom stereocenters. The number of amides is 2. The molecule has 2 aromatic heterocycles. The molecule has 2 aliphatic heterocycles. The summed E-state index contributed by atoms with van der Waals surface area (Å²) in [7, 11) is 0. The predicted molar refractivity (Wildman–Crippen MR) is 117 cm³/mol. The Hall–Kier alpha value is -2.53. The third kappa shape index (κ3) is 5.35. The number of nitrogens with zero attached hydrogens (tertiary/aromatic N) is 4. The van der Waals surface area contributed by atoms with Gasteiger partial charge in [0.05, 0.1) is 12.2 Å². The lowest BCUT2D eigenvalue weighted by Crippen LogP contribution is -2.48. The van der Waals surface area contributed by atoms with Gasteiger partial charge in [0, 0.05) is 55.0 Å². The van der Waals surface area contributed by atoms with E-state index in [0.29, 0.717) is 31.0 Å². The van der Waals surface area contributed by atoms with Crippen LogP contribution in [0.5, 0.6) is 0 Å². The van der Waals surface area contributed by atoms with Gasteiger partial charge in [-0.05, 0) is 30.2 Å². The molecule has 0 spiro atoms. The number of halogens is 3. The van der Waals surface area contributed by atoms with Gasteiger partial charge in [0.25, 0.3) is 0 Å². The average molecular weight is 482 g/mol. The fourth-order valence-electron chi connectivity index (χ4n) is 4.37. The van der Waals surface area contributed by atoms with Gasteiger partial charge in [0.15, 0.2) is 11.5 Å². The fourth-order valence-corrected chi connectivity index (χ4v) is 5.01. The Labute approximate surface area is 193 Å². The number of fused-ring (bicyclic) bond motifs is 1. The Morgan fingerprint density at radius 2 is 2.12 bits per heavy atom. The fraction of sp³-hybridized carbons (Fsp3) is 0.545. The lowest BCUT2D eigenvalue weighted by atomic mass is 9.98. The summed E-state index contributed by atoms with van der Waals surface area (Å²) in [5.41, 5.74) is 6.01. The Morgan fingerprint density at radius 1 is 1.33 bits per heavy atom. The molecule has 11 heteroatoms. The predicted octanol–water partition coefficient (Wildman–Crippen LogP) is 3.08. The molecule has 178 valence electrons. The highest BCUT2D eigenvalue weighted by Crippen LogP contribution is 2.35.